The normalized spacial score (nSPS) is 11.8. The number of nitrogens with zero attached hydrogens (tertiary/aromatic N) is 1. The standard InChI is InChI=1S/C17H16FN3O4S/c1-11-4-2-3-5-15(11)26(24,25)19-8-9-21-14-7-6-12(18)10-13(14)20-16(22)17(21)23/h2-7,10,19H,8-9H2,1H3,(H,20,22). The van der Waals surface area contributed by atoms with Gasteiger partial charge in [0.25, 0.3) is 0 Å². The van der Waals surface area contributed by atoms with Crippen LogP contribution in [0.3, 0.4) is 0 Å². The number of benzene rings is 2. The van der Waals surface area contributed by atoms with E-state index in [-0.39, 0.29) is 23.5 Å². The fourth-order valence-corrected chi connectivity index (χ4v) is 3.97. The van der Waals surface area contributed by atoms with Crippen LogP contribution in [0, 0.1) is 12.7 Å². The van der Waals surface area contributed by atoms with E-state index < -0.39 is 27.0 Å². The summed E-state index contributed by atoms with van der Waals surface area (Å²) in [6.45, 7) is 1.50. The van der Waals surface area contributed by atoms with Crippen LogP contribution in [0.2, 0.25) is 0 Å². The first kappa shape index (κ1) is 18.0. The number of halogens is 1. The number of H-pyrrole nitrogens is 1. The summed E-state index contributed by atoms with van der Waals surface area (Å²) in [5, 5.41) is 0. The Hall–Kier alpha value is -2.78. The number of nitrogens with one attached hydrogen (secondary N) is 2. The van der Waals surface area contributed by atoms with Crippen molar-refractivity contribution in [2.24, 2.45) is 0 Å². The molecule has 2 N–H and O–H groups in total. The molecule has 1 aromatic heterocycles. The fourth-order valence-electron chi connectivity index (χ4n) is 2.70. The van der Waals surface area contributed by atoms with Gasteiger partial charge in [0, 0.05) is 13.1 Å². The zero-order valence-electron chi connectivity index (χ0n) is 13.8. The fraction of sp³-hybridized carbons (Fsp3) is 0.176. The van der Waals surface area contributed by atoms with Gasteiger partial charge in [-0.2, -0.15) is 0 Å². The third-order valence-electron chi connectivity index (χ3n) is 3.95. The van der Waals surface area contributed by atoms with Crippen molar-refractivity contribution in [2.45, 2.75) is 18.4 Å². The molecular weight excluding hydrogens is 361 g/mol. The van der Waals surface area contributed by atoms with Gasteiger partial charge in [0.05, 0.1) is 15.9 Å². The highest BCUT2D eigenvalue weighted by molar-refractivity contribution is 7.89. The minimum absolute atomic E-state index is 0.0734. The summed E-state index contributed by atoms with van der Waals surface area (Å²) in [7, 11) is -3.76. The SMILES string of the molecule is Cc1ccccc1S(=O)(=O)NCCn1c(=O)c(=O)[nH]c2cc(F)ccc21. The monoisotopic (exact) mass is 377 g/mol. The predicted octanol–water partition coefficient (Wildman–Crippen LogP) is 1.12. The second kappa shape index (κ2) is 6.85. The van der Waals surface area contributed by atoms with Gasteiger partial charge in [0.15, 0.2) is 0 Å². The van der Waals surface area contributed by atoms with Crippen LogP contribution < -0.4 is 15.8 Å². The van der Waals surface area contributed by atoms with E-state index in [4.69, 9.17) is 0 Å². The van der Waals surface area contributed by atoms with Gasteiger partial charge in [0.1, 0.15) is 5.82 Å². The Balaban J connectivity index is 1.89. The predicted molar refractivity (Wildman–Crippen MR) is 95.2 cm³/mol. The van der Waals surface area contributed by atoms with E-state index >= 15 is 0 Å². The van der Waals surface area contributed by atoms with Gasteiger partial charge in [-0.15, -0.1) is 0 Å². The topological polar surface area (TPSA) is 101 Å². The largest absolute Gasteiger partial charge is 0.316 e. The summed E-state index contributed by atoms with van der Waals surface area (Å²) >= 11 is 0. The first-order valence-corrected chi connectivity index (χ1v) is 9.25. The number of sulfonamides is 1. The molecule has 9 heteroatoms. The Bertz CT molecular complexity index is 1200. The van der Waals surface area contributed by atoms with E-state index in [2.05, 4.69) is 9.71 Å². The first-order chi connectivity index (χ1) is 12.3. The van der Waals surface area contributed by atoms with Crippen LogP contribution in [0.15, 0.2) is 56.9 Å². The molecule has 0 aliphatic heterocycles. The Labute approximate surface area is 148 Å². The highest BCUT2D eigenvalue weighted by Gasteiger charge is 2.16. The van der Waals surface area contributed by atoms with Crippen molar-refractivity contribution in [3.8, 4) is 0 Å². The molecule has 0 amide bonds. The molecular formula is C17H16FN3O4S. The molecule has 0 atom stereocenters. The third kappa shape index (κ3) is 3.44. The van der Waals surface area contributed by atoms with Gasteiger partial charge in [-0.1, -0.05) is 18.2 Å². The number of hydrogen-bond acceptors (Lipinski definition) is 4. The Kier molecular flexibility index (Phi) is 4.75. The molecule has 3 rings (SSSR count). The lowest BCUT2D eigenvalue weighted by Gasteiger charge is -2.12. The molecule has 0 bridgehead atoms. The highest BCUT2D eigenvalue weighted by atomic mass is 32.2. The quantitative estimate of drug-likeness (QED) is 0.651. The molecule has 1 heterocycles. The van der Waals surface area contributed by atoms with Crippen LogP contribution in [0.5, 0.6) is 0 Å². The summed E-state index contributed by atoms with van der Waals surface area (Å²) in [5.74, 6) is -0.557. The summed E-state index contributed by atoms with van der Waals surface area (Å²) in [6.07, 6.45) is 0. The van der Waals surface area contributed by atoms with E-state index in [1.54, 1.807) is 25.1 Å². The lowest BCUT2D eigenvalue weighted by Crippen LogP contribution is -2.39. The van der Waals surface area contributed by atoms with Gasteiger partial charge in [0.2, 0.25) is 10.0 Å². The Morgan fingerprint density at radius 2 is 1.88 bits per heavy atom. The molecule has 3 aromatic rings. The Morgan fingerprint density at radius 3 is 2.62 bits per heavy atom. The van der Waals surface area contributed by atoms with Crippen LogP contribution in [0.25, 0.3) is 11.0 Å². The van der Waals surface area contributed by atoms with Crippen LogP contribution in [-0.4, -0.2) is 24.5 Å². The maximum absolute atomic E-state index is 13.3. The van der Waals surface area contributed by atoms with E-state index in [0.717, 1.165) is 16.7 Å². The zero-order chi connectivity index (χ0) is 18.9. The average Bonchev–Trinajstić information content (AvgIpc) is 2.58. The van der Waals surface area contributed by atoms with Gasteiger partial charge in [-0.05, 0) is 36.8 Å². The maximum atomic E-state index is 13.3. The molecule has 0 saturated carbocycles. The van der Waals surface area contributed by atoms with E-state index in [1.807, 2.05) is 0 Å². The highest BCUT2D eigenvalue weighted by Crippen LogP contribution is 2.14. The number of aromatic amines is 1. The molecule has 2 aromatic carbocycles. The molecule has 7 nitrogen and oxygen atoms in total. The number of aromatic nitrogens is 2. The average molecular weight is 377 g/mol. The van der Waals surface area contributed by atoms with Crippen molar-refractivity contribution in [2.75, 3.05) is 6.54 Å². The molecule has 0 unspecified atom stereocenters. The number of hydrogen-bond donors (Lipinski definition) is 2. The molecule has 26 heavy (non-hydrogen) atoms. The van der Waals surface area contributed by atoms with Gasteiger partial charge in [-0.3, -0.25) is 9.59 Å². The van der Waals surface area contributed by atoms with Crippen LogP contribution in [0.4, 0.5) is 4.39 Å². The van der Waals surface area contributed by atoms with Crippen molar-refractivity contribution in [3.63, 3.8) is 0 Å². The first-order valence-electron chi connectivity index (χ1n) is 7.77. The molecule has 136 valence electrons. The lowest BCUT2D eigenvalue weighted by atomic mass is 10.2. The number of rotatable bonds is 5. The second-order valence-electron chi connectivity index (χ2n) is 5.74. The van der Waals surface area contributed by atoms with E-state index in [0.29, 0.717) is 11.1 Å². The Morgan fingerprint density at radius 1 is 1.15 bits per heavy atom. The molecule has 0 spiro atoms. The minimum Gasteiger partial charge on any atom is -0.316 e. The van der Waals surface area contributed by atoms with Crippen LogP contribution in [-0.2, 0) is 16.6 Å². The molecule has 0 aliphatic rings. The number of fused-ring (bicyclic) bond motifs is 1. The van der Waals surface area contributed by atoms with Crippen molar-refractivity contribution in [1.29, 1.82) is 0 Å². The third-order valence-corrected chi connectivity index (χ3v) is 5.57. The van der Waals surface area contributed by atoms with Gasteiger partial charge < -0.3 is 9.55 Å². The van der Waals surface area contributed by atoms with Crippen molar-refractivity contribution < 1.29 is 12.8 Å². The smallest absolute Gasteiger partial charge is 0.316 e. The van der Waals surface area contributed by atoms with Crippen LogP contribution in [0.1, 0.15) is 5.56 Å². The van der Waals surface area contributed by atoms with E-state index in [1.165, 1.54) is 12.1 Å². The summed E-state index contributed by atoms with van der Waals surface area (Å²) < 4.78 is 41.6. The molecule has 0 radical (unpaired) electrons. The molecule has 0 saturated heterocycles. The minimum atomic E-state index is -3.76. The van der Waals surface area contributed by atoms with Gasteiger partial charge >= 0.3 is 11.1 Å². The summed E-state index contributed by atoms with van der Waals surface area (Å²) in [4.78, 5) is 26.3. The number of aryl methyl sites for hydroxylation is 1. The zero-order valence-corrected chi connectivity index (χ0v) is 14.6. The second-order valence-corrected chi connectivity index (χ2v) is 7.47. The summed E-state index contributed by atoms with van der Waals surface area (Å²) in [5.41, 5.74) is -0.666. The summed E-state index contributed by atoms with van der Waals surface area (Å²) in [6, 6.07) is 10.1. The lowest BCUT2D eigenvalue weighted by molar-refractivity contribution is 0.571. The van der Waals surface area contributed by atoms with Crippen molar-refractivity contribution >= 4 is 21.1 Å². The van der Waals surface area contributed by atoms with Crippen molar-refractivity contribution in [3.05, 3.63) is 74.6 Å². The van der Waals surface area contributed by atoms with Crippen LogP contribution >= 0.6 is 0 Å². The molecule has 0 aliphatic carbocycles. The van der Waals surface area contributed by atoms with E-state index in [9.17, 15) is 22.4 Å². The van der Waals surface area contributed by atoms with Crippen molar-refractivity contribution in [1.82, 2.24) is 14.3 Å². The maximum Gasteiger partial charge on any atom is 0.316 e. The molecule has 0 fully saturated rings. The van der Waals surface area contributed by atoms with Gasteiger partial charge in [-0.25, -0.2) is 17.5 Å².